The highest BCUT2D eigenvalue weighted by atomic mass is 16.6. The van der Waals surface area contributed by atoms with Crippen molar-refractivity contribution in [2.45, 2.75) is 63.4 Å². The van der Waals surface area contributed by atoms with Gasteiger partial charge < -0.3 is 14.7 Å². The predicted octanol–water partition coefficient (Wildman–Crippen LogP) is 3.70. The summed E-state index contributed by atoms with van der Waals surface area (Å²) in [4.78, 5) is 26.0. The van der Waals surface area contributed by atoms with Gasteiger partial charge in [-0.25, -0.2) is 4.79 Å². The number of aliphatic carboxylic acids is 1. The number of rotatable bonds is 1. The molecular weight excluding hydrogens is 318 g/mol. The molecule has 0 bridgehead atoms. The molecule has 1 aliphatic carbocycles. The van der Waals surface area contributed by atoms with Gasteiger partial charge in [-0.1, -0.05) is 24.3 Å². The van der Waals surface area contributed by atoms with Crippen molar-refractivity contribution in [1.82, 2.24) is 4.90 Å². The number of piperidine rings is 1. The minimum atomic E-state index is -0.856. The lowest BCUT2D eigenvalue weighted by atomic mass is 9.71. The molecule has 5 nitrogen and oxygen atoms in total. The first-order valence-corrected chi connectivity index (χ1v) is 8.89. The van der Waals surface area contributed by atoms with Crippen molar-refractivity contribution >= 4 is 12.1 Å². The standard InChI is InChI=1S/C20H27NO4/c1-18(2,3)25-17(24)21-11-9-20(10-12-21)13-19(4,16(22)23)14-7-5-6-8-15(14)20/h5-8H,9-13H2,1-4H3,(H,22,23). The topological polar surface area (TPSA) is 66.8 Å². The summed E-state index contributed by atoms with van der Waals surface area (Å²) in [6.45, 7) is 8.60. The van der Waals surface area contributed by atoms with E-state index in [1.54, 1.807) is 4.90 Å². The summed E-state index contributed by atoms with van der Waals surface area (Å²) in [6, 6.07) is 7.90. The molecule has 1 saturated heterocycles. The summed E-state index contributed by atoms with van der Waals surface area (Å²) >= 11 is 0. The van der Waals surface area contributed by atoms with Crippen LogP contribution in [0.2, 0.25) is 0 Å². The average Bonchev–Trinajstić information content (AvgIpc) is 2.77. The van der Waals surface area contributed by atoms with Gasteiger partial charge in [-0.15, -0.1) is 0 Å². The largest absolute Gasteiger partial charge is 0.481 e. The Morgan fingerprint density at radius 1 is 1.12 bits per heavy atom. The zero-order valence-corrected chi connectivity index (χ0v) is 15.5. The van der Waals surface area contributed by atoms with Gasteiger partial charge in [0, 0.05) is 18.5 Å². The van der Waals surface area contributed by atoms with Crippen LogP contribution < -0.4 is 0 Å². The van der Waals surface area contributed by atoms with Gasteiger partial charge in [-0.05, 0) is 58.1 Å². The maximum Gasteiger partial charge on any atom is 0.410 e. The lowest BCUT2D eigenvalue weighted by Gasteiger charge is -2.41. The van der Waals surface area contributed by atoms with Crippen LogP contribution in [0.1, 0.15) is 58.1 Å². The molecule has 5 heteroatoms. The Morgan fingerprint density at radius 3 is 2.20 bits per heavy atom. The number of carbonyl (C=O) groups is 2. The van der Waals surface area contributed by atoms with Crippen molar-refractivity contribution in [3.8, 4) is 0 Å². The van der Waals surface area contributed by atoms with E-state index in [9.17, 15) is 14.7 Å². The molecule has 1 aromatic rings. The Hall–Kier alpha value is -2.04. The molecule has 1 N–H and O–H groups in total. The fourth-order valence-electron chi connectivity index (χ4n) is 4.37. The van der Waals surface area contributed by atoms with Crippen LogP contribution >= 0.6 is 0 Å². The van der Waals surface area contributed by atoms with Gasteiger partial charge in [-0.3, -0.25) is 4.79 Å². The van der Waals surface area contributed by atoms with Crippen molar-refractivity contribution in [3.63, 3.8) is 0 Å². The molecule has 1 spiro atoms. The van der Waals surface area contributed by atoms with Crippen molar-refractivity contribution in [1.29, 1.82) is 0 Å². The third kappa shape index (κ3) is 3.00. The summed E-state index contributed by atoms with van der Waals surface area (Å²) in [5, 5.41) is 9.82. The second-order valence-corrected chi connectivity index (χ2v) is 8.61. The first-order chi connectivity index (χ1) is 11.6. The smallest absolute Gasteiger partial charge is 0.410 e. The first-order valence-electron chi connectivity index (χ1n) is 8.89. The van der Waals surface area contributed by atoms with Gasteiger partial charge in [0.15, 0.2) is 0 Å². The van der Waals surface area contributed by atoms with Gasteiger partial charge in [-0.2, -0.15) is 0 Å². The highest BCUT2D eigenvalue weighted by Crippen LogP contribution is 2.54. The van der Waals surface area contributed by atoms with Crippen LogP contribution in [0.15, 0.2) is 24.3 Å². The lowest BCUT2D eigenvalue weighted by Crippen LogP contribution is -2.47. The summed E-state index contributed by atoms with van der Waals surface area (Å²) in [5.74, 6) is -0.772. The molecule has 1 amide bonds. The first kappa shape index (κ1) is 17.8. The van der Waals surface area contributed by atoms with E-state index < -0.39 is 17.0 Å². The van der Waals surface area contributed by atoms with Crippen LogP contribution in [0.3, 0.4) is 0 Å². The maximum atomic E-state index is 12.3. The second kappa shape index (κ2) is 5.75. The van der Waals surface area contributed by atoms with E-state index >= 15 is 0 Å². The number of carboxylic acid groups (broad SMARTS) is 1. The molecule has 0 radical (unpaired) electrons. The van der Waals surface area contributed by atoms with Crippen LogP contribution in [0.5, 0.6) is 0 Å². The van der Waals surface area contributed by atoms with Crippen molar-refractivity contribution in [2.24, 2.45) is 0 Å². The Kier molecular flexibility index (Phi) is 4.09. The van der Waals surface area contributed by atoms with Crippen LogP contribution in [-0.4, -0.2) is 40.8 Å². The Bertz CT molecular complexity index is 698. The summed E-state index contributed by atoms with van der Waals surface area (Å²) in [7, 11) is 0. The van der Waals surface area contributed by atoms with Gasteiger partial charge in [0.25, 0.3) is 0 Å². The van der Waals surface area contributed by atoms with Crippen LogP contribution in [0, 0.1) is 0 Å². The SMILES string of the molecule is CC(C)(C)OC(=O)N1CCC2(CC1)CC(C)(C(=O)O)c1ccccc12. The Morgan fingerprint density at radius 2 is 1.68 bits per heavy atom. The van der Waals surface area contributed by atoms with E-state index in [0.717, 1.165) is 24.0 Å². The van der Waals surface area contributed by atoms with Gasteiger partial charge in [0.2, 0.25) is 0 Å². The molecule has 3 rings (SSSR count). The lowest BCUT2D eigenvalue weighted by molar-refractivity contribution is -0.143. The third-order valence-corrected chi connectivity index (χ3v) is 5.63. The predicted molar refractivity (Wildman–Crippen MR) is 94.8 cm³/mol. The quantitative estimate of drug-likeness (QED) is 0.843. The van der Waals surface area contributed by atoms with Crippen LogP contribution in [0.25, 0.3) is 0 Å². The number of nitrogens with zero attached hydrogens (tertiary/aromatic N) is 1. The average molecular weight is 345 g/mol. The summed E-state index contributed by atoms with van der Waals surface area (Å²) in [6.07, 6.45) is 1.85. The minimum absolute atomic E-state index is 0.164. The number of hydrogen-bond donors (Lipinski definition) is 1. The normalized spacial score (nSPS) is 24.9. The van der Waals surface area contributed by atoms with Crippen LogP contribution in [0.4, 0.5) is 4.79 Å². The molecule has 1 aromatic carbocycles. The van der Waals surface area contributed by atoms with Crippen molar-refractivity contribution in [2.75, 3.05) is 13.1 Å². The minimum Gasteiger partial charge on any atom is -0.481 e. The number of ether oxygens (including phenoxy) is 1. The van der Waals surface area contributed by atoms with E-state index in [0.29, 0.717) is 19.5 Å². The van der Waals surface area contributed by atoms with Crippen LogP contribution in [-0.2, 0) is 20.4 Å². The van der Waals surface area contributed by atoms with E-state index in [1.807, 2.05) is 45.9 Å². The monoisotopic (exact) mass is 345 g/mol. The molecule has 25 heavy (non-hydrogen) atoms. The van der Waals surface area contributed by atoms with E-state index in [1.165, 1.54) is 0 Å². The number of benzene rings is 1. The Balaban J connectivity index is 1.82. The van der Waals surface area contributed by atoms with Crippen molar-refractivity contribution in [3.05, 3.63) is 35.4 Å². The molecular formula is C20H27NO4. The van der Waals surface area contributed by atoms with Gasteiger partial charge in [0.05, 0.1) is 5.41 Å². The number of hydrogen-bond acceptors (Lipinski definition) is 3. The third-order valence-electron chi connectivity index (χ3n) is 5.63. The molecule has 1 unspecified atom stereocenters. The molecule has 1 heterocycles. The maximum absolute atomic E-state index is 12.3. The fraction of sp³-hybridized carbons (Fsp3) is 0.600. The van der Waals surface area contributed by atoms with E-state index in [-0.39, 0.29) is 11.5 Å². The van der Waals surface area contributed by atoms with Crippen molar-refractivity contribution < 1.29 is 19.4 Å². The number of fused-ring (bicyclic) bond motifs is 2. The molecule has 0 aromatic heterocycles. The molecule has 2 aliphatic rings. The molecule has 1 fully saturated rings. The molecule has 1 aliphatic heterocycles. The summed E-state index contributed by atoms with van der Waals surface area (Å²) < 4.78 is 5.47. The highest BCUT2D eigenvalue weighted by Gasteiger charge is 2.54. The molecule has 136 valence electrons. The second-order valence-electron chi connectivity index (χ2n) is 8.61. The highest BCUT2D eigenvalue weighted by molar-refractivity contribution is 5.83. The summed E-state index contributed by atoms with van der Waals surface area (Å²) in [5.41, 5.74) is 0.540. The van der Waals surface area contributed by atoms with E-state index in [2.05, 4.69) is 6.07 Å². The van der Waals surface area contributed by atoms with Gasteiger partial charge >= 0.3 is 12.1 Å². The fourth-order valence-corrected chi connectivity index (χ4v) is 4.37. The molecule has 0 saturated carbocycles. The number of likely N-dealkylation sites (tertiary alicyclic amines) is 1. The number of amides is 1. The number of carbonyl (C=O) groups excluding carboxylic acids is 1. The zero-order chi connectivity index (χ0) is 18.5. The zero-order valence-electron chi connectivity index (χ0n) is 15.5. The van der Waals surface area contributed by atoms with Gasteiger partial charge in [0.1, 0.15) is 5.60 Å². The molecule has 1 atom stereocenters. The Labute approximate surface area is 149 Å². The number of carboxylic acids is 1. The van der Waals surface area contributed by atoms with E-state index in [4.69, 9.17) is 4.74 Å².